The van der Waals surface area contributed by atoms with Crippen molar-refractivity contribution in [2.75, 3.05) is 24.4 Å². The lowest BCUT2D eigenvalue weighted by atomic mass is 10.1. The highest BCUT2D eigenvalue weighted by atomic mass is 19.4. The summed E-state index contributed by atoms with van der Waals surface area (Å²) >= 11 is 0. The number of hydrazine groups is 1. The molecule has 2 aromatic carbocycles. The van der Waals surface area contributed by atoms with Crippen LogP contribution < -0.4 is 15.8 Å². The number of nitrogens with zero attached hydrogens (tertiary/aromatic N) is 2. The average Bonchev–Trinajstić information content (AvgIpc) is 2.68. The minimum atomic E-state index is -4.42. The van der Waals surface area contributed by atoms with Crippen molar-refractivity contribution >= 4 is 11.5 Å². The molecule has 1 aromatic heterocycles. The van der Waals surface area contributed by atoms with E-state index in [1.807, 2.05) is 42.5 Å². The first kappa shape index (κ1) is 19.7. The van der Waals surface area contributed by atoms with Gasteiger partial charge in [-0.2, -0.15) is 13.2 Å². The van der Waals surface area contributed by atoms with Gasteiger partial charge in [-0.1, -0.05) is 42.5 Å². The van der Waals surface area contributed by atoms with Crippen molar-refractivity contribution in [1.82, 2.24) is 10.4 Å². The Bertz CT molecular complexity index is 907. The van der Waals surface area contributed by atoms with Crippen LogP contribution in [0.15, 0.2) is 66.7 Å². The van der Waals surface area contributed by atoms with E-state index in [0.717, 1.165) is 23.4 Å². The number of anilines is 2. The largest absolute Gasteiger partial charge is 0.416 e. The van der Waals surface area contributed by atoms with Crippen LogP contribution >= 0.6 is 0 Å². The first-order valence-corrected chi connectivity index (χ1v) is 8.73. The highest BCUT2D eigenvalue weighted by Gasteiger charge is 2.32. The highest BCUT2D eigenvalue weighted by Crippen LogP contribution is 2.33. The van der Waals surface area contributed by atoms with Gasteiger partial charge in [0, 0.05) is 31.9 Å². The molecule has 2 N–H and O–H groups in total. The van der Waals surface area contributed by atoms with Crippen LogP contribution in [0.4, 0.5) is 24.7 Å². The molecule has 7 heteroatoms. The van der Waals surface area contributed by atoms with Gasteiger partial charge in [0.1, 0.15) is 5.82 Å². The molecule has 3 rings (SSSR count). The zero-order valence-corrected chi connectivity index (χ0v) is 15.6. The van der Waals surface area contributed by atoms with Gasteiger partial charge in [-0.05, 0) is 29.8 Å². The number of para-hydroxylation sites is 1. The summed E-state index contributed by atoms with van der Waals surface area (Å²) in [5, 5.41) is 0. The Hall–Kier alpha value is -3.06. The molecule has 0 unspecified atom stereocenters. The molecule has 0 spiro atoms. The van der Waals surface area contributed by atoms with E-state index >= 15 is 0 Å². The Labute approximate surface area is 162 Å². The van der Waals surface area contributed by atoms with E-state index in [1.165, 1.54) is 0 Å². The molecule has 3 aromatic rings. The van der Waals surface area contributed by atoms with Crippen molar-refractivity contribution in [1.29, 1.82) is 0 Å². The van der Waals surface area contributed by atoms with Gasteiger partial charge in [0.25, 0.3) is 0 Å². The predicted molar refractivity (Wildman–Crippen MR) is 106 cm³/mol. The fourth-order valence-electron chi connectivity index (χ4n) is 2.62. The molecule has 4 nitrogen and oxygen atoms in total. The van der Waals surface area contributed by atoms with Crippen LogP contribution in [0.5, 0.6) is 0 Å². The summed E-state index contributed by atoms with van der Waals surface area (Å²) in [4.78, 5) is 5.91. The van der Waals surface area contributed by atoms with E-state index in [0.29, 0.717) is 17.8 Å². The van der Waals surface area contributed by atoms with E-state index in [2.05, 4.69) is 15.8 Å². The first-order valence-electron chi connectivity index (χ1n) is 8.73. The Morgan fingerprint density at radius 2 is 1.61 bits per heavy atom. The van der Waals surface area contributed by atoms with Crippen LogP contribution in [0.1, 0.15) is 11.1 Å². The van der Waals surface area contributed by atoms with Gasteiger partial charge in [-0.3, -0.25) is 0 Å². The van der Waals surface area contributed by atoms with Gasteiger partial charge >= 0.3 is 6.18 Å². The molecule has 0 saturated heterocycles. The van der Waals surface area contributed by atoms with Crippen molar-refractivity contribution in [3.63, 3.8) is 0 Å². The number of aromatic nitrogens is 1. The second kappa shape index (κ2) is 8.31. The van der Waals surface area contributed by atoms with Gasteiger partial charge < -0.3 is 10.3 Å². The van der Waals surface area contributed by atoms with Gasteiger partial charge in [-0.15, -0.1) is 0 Å². The molecule has 0 radical (unpaired) electrons. The van der Waals surface area contributed by atoms with E-state index in [9.17, 15) is 13.2 Å². The van der Waals surface area contributed by atoms with E-state index < -0.39 is 11.7 Å². The van der Waals surface area contributed by atoms with E-state index in [4.69, 9.17) is 0 Å². The lowest BCUT2D eigenvalue weighted by Gasteiger charge is -2.16. The third-order valence-electron chi connectivity index (χ3n) is 4.15. The van der Waals surface area contributed by atoms with Crippen LogP contribution in [-0.2, 0) is 12.7 Å². The van der Waals surface area contributed by atoms with Gasteiger partial charge in [-0.25, -0.2) is 10.4 Å². The molecule has 1 heterocycles. The standard InChI is InChI=1S/C21H21F3N4/c1-28(2)20-13-17(21(22,23)24)12-19(26-20)16-10-8-15(9-11-16)14-25-27-18-6-4-3-5-7-18/h3-13,25,27H,14H2,1-2H3. The average molecular weight is 386 g/mol. The Morgan fingerprint density at radius 1 is 0.929 bits per heavy atom. The van der Waals surface area contributed by atoms with E-state index in [1.54, 1.807) is 31.1 Å². The number of halogens is 3. The zero-order valence-electron chi connectivity index (χ0n) is 15.6. The topological polar surface area (TPSA) is 40.2 Å². The Morgan fingerprint density at radius 3 is 2.21 bits per heavy atom. The predicted octanol–water partition coefficient (Wildman–Crippen LogP) is 4.95. The molecule has 146 valence electrons. The quantitative estimate of drug-likeness (QED) is 0.588. The minimum absolute atomic E-state index is 0.266. The normalized spacial score (nSPS) is 11.3. The summed E-state index contributed by atoms with van der Waals surface area (Å²) in [6.45, 7) is 0.564. The first-order chi connectivity index (χ1) is 13.3. The molecule has 0 aliphatic heterocycles. The molecule has 0 saturated carbocycles. The lowest BCUT2D eigenvalue weighted by Crippen LogP contribution is -2.20. The zero-order chi connectivity index (χ0) is 20.1. The molecule has 0 atom stereocenters. The van der Waals surface area contributed by atoms with Crippen molar-refractivity contribution in [2.24, 2.45) is 0 Å². The van der Waals surface area contributed by atoms with Gasteiger partial charge in [0.15, 0.2) is 0 Å². The molecule has 0 bridgehead atoms. The number of hydrogen-bond donors (Lipinski definition) is 2. The number of benzene rings is 2. The van der Waals surface area contributed by atoms with Crippen molar-refractivity contribution in [3.05, 3.63) is 77.9 Å². The molecule has 0 aliphatic rings. The summed E-state index contributed by atoms with van der Waals surface area (Å²) in [5.41, 5.74) is 8.36. The molecule has 0 aliphatic carbocycles. The number of alkyl halides is 3. The van der Waals surface area contributed by atoms with Crippen molar-refractivity contribution in [2.45, 2.75) is 12.7 Å². The maximum Gasteiger partial charge on any atom is 0.416 e. The maximum atomic E-state index is 13.2. The monoisotopic (exact) mass is 386 g/mol. The third kappa shape index (κ3) is 5.01. The van der Waals surface area contributed by atoms with Crippen molar-refractivity contribution < 1.29 is 13.2 Å². The van der Waals surface area contributed by atoms with Crippen LogP contribution in [0.2, 0.25) is 0 Å². The smallest absolute Gasteiger partial charge is 0.363 e. The molecule has 0 fully saturated rings. The second-order valence-corrected chi connectivity index (χ2v) is 6.53. The van der Waals surface area contributed by atoms with Gasteiger partial charge in [0.05, 0.1) is 11.3 Å². The van der Waals surface area contributed by atoms with E-state index in [-0.39, 0.29) is 5.82 Å². The molecular weight excluding hydrogens is 365 g/mol. The lowest BCUT2D eigenvalue weighted by molar-refractivity contribution is -0.137. The number of hydrogen-bond acceptors (Lipinski definition) is 4. The van der Waals surface area contributed by atoms with Crippen LogP contribution in [0.3, 0.4) is 0 Å². The molecule has 28 heavy (non-hydrogen) atoms. The maximum absolute atomic E-state index is 13.2. The Kier molecular flexibility index (Phi) is 5.84. The number of pyridine rings is 1. The summed E-state index contributed by atoms with van der Waals surface area (Å²) < 4.78 is 39.6. The second-order valence-electron chi connectivity index (χ2n) is 6.53. The number of nitrogens with one attached hydrogen (secondary N) is 2. The number of rotatable bonds is 6. The van der Waals surface area contributed by atoms with Gasteiger partial charge in [0.2, 0.25) is 0 Å². The molecular formula is C21H21F3N4. The van der Waals surface area contributed by atoms with Crippen molar-refractivity contribution in [3.8, 4) is 11.3 Å². The summed E-state index contributed by atoms with van der Waals surface area (Å²) in [6, 6.07) is 19.1. The fraction of sp³-hybridized carbons (Fsp3) is 0.190. The SMILES string of the molecule is CN(C)c1cc(C(F)(F)F)cc(-c2ccc(CNNc3ccccc3)cc2)n1. The molecule has 0 amide bonds. The fourth-order valence-corrected chi connectivity index (χ4v) is 2.62. The minimum Gasteiger partial charge on any atom is -0.363 e. The van der Waals surface area contributed by atoms with Crippen LogP contribution in [0, 0.1) is 0 Å². The Balaban J connectivity index is 1.74. The summed E-state index contributed by atoms with van der Waals surface area (Å²) in [6.07, 6.45) is -4.42. The summed E-state index contributed by atoms with van der Waals surface area (Å²) in [5.74, 6) is 0.266. The summed E-state index contributed by atoms with van der Waals surface area (Å²) in [7, 11) is 3.33. The third-order valence-corrected chi connectivity index (χ3v) is 4.15. The highest BCUT2D eigenvalue weighted by molar-refractivity contribution is 5.63. The van der Waals surface area contributed by atoms with Crippen LogP contribution in [-0.4, -0.2) is 19.1 Å². The van der Waals surface area contributed by atoms with Crippen LogP contribution in [0.25, 0.3) is 11.3 Å².